The van der Waals surface area contributed by atoms with Gasteiger partial charge in [0.2, 0.25) is 0 Å². The van der Waals surface area contributed by atoms with Crippen molar-refractivity contribution in [1.29, 1.82) is 0 Å². The second-order valence-electron chi connectivity index (χ2n) is 4.97. The van der Waals surface area contributed by atoms with Crippen molar-refractivity contribution < 1.29 is 0 Å². The summed E-state index contributed by atoms with van der Waals surface area (Å²) in [4.78, 5) is 0. The number of rotatable bonds is 7. The smallest absolute Gasteiger partial charge is 0.0521 e. The quantitative estimate of drug-likeness (QED) is 0.769. The van der Waals surface area contributed by atoms with Gasteiger partial charge in [-0.15, -0.1) is 0 Å². The molecule has 1 rings (SSSR count). The second-order valence-corrected chi connectivity index (χ2v) is 4.97. The molecule has 0 saturated carbocycles. The van der Waals surface area contributed by atoms with Gasteiger partial charge in [0.05, 0.1) is 6.20 Å². The van der Waals surface area contributed by atoms with E-state index in [2.05, 4.69) is 37.4 Å². The van der Waals surface area contributed by atoms with Crippen molar-refractivity contribution in [2.45, 2.75) is 46.6 Å². The predicted molar refractivity (Wildman–Crippen MR) is 68.5 cm³/mol. The Morgan fingerprint density at radius 2 is 2.19 bits per heavy atom. The average molecular weight is 223 g/mol. The summed E-state index contributed by atoms with van der Waals surface area (Å²) in [6.45, 7) is 8.75. The topological polar surface area (TPSA) is 29.9 Å². The van der Waals surface area contributed by atoms with Crippen molar-refractivity contribution in [3.63, 3.8) is 0 Å². The molecule has 0 aliphatic heterocycles. The van der Waals surface area contributed by atoms with Crippen LogP contribution in [-0.4, -0.2) is 23.4 Å². The Kier molecular flexibility index (Phi) is 5.00. The maximum Gasteiger partial charge on any atom is 0.0521 e. The van der Waals surface area contributed by atoms with Crippen LogP contribution in [0.3, 0.4) is 0 Å². The first-order valence-electron chi connectivity index (χ1n) is 6.29. The van der Waals surface area contributed by atoms with Crippen LogP contribution in [-0.2, 0) is 13.0 Å². The molecule has 0 aromatic carbocycles. The summed E-state index contributed by atoms with van der Waals surface area (Å²) in [6.07, 6.45) is 7.78. The van der Waals surface area contributed by atoms with Gasteiger partial charge in [-0.3, -0.25) is 4.68 Å². The van der Waals surface area contributed by atoms with Gasteiger partial charge in [0, 0.05) is 19.3 Å². The highest BCUT2D eigenvalue weighted by Gasteiger charge is 2.23. The molecule has 1 aromatic heterocycles. The Morgan fingerprint density at radius 3 is 2.69 bits per heavy atom. The molecule has 0 aliphatic carbocycles. The van der Waals surface area contributed by atoms with E-state index >= 15 is 0 Å². The molecule has 0 aliphatic rings. The molecule has 3 nitrogen and oxygen atoms in total. The molecule has 0 saturated heterocycles. The van der Waals surface area contributed by atoms with E-state index in [4.69, 9.17) is 0 Å². The monoisotopic (exact) mass is 223 g/mol. The Hall–Kier alpha value is -0.830. The van der Waals surface area contributed by atoms with Crippen LogP contribution in [0.2, 0.25) is 0 Å². The first kappa shape index (κ1) is 13.2. The van der Waals surface area contributed by atoms with Gasteiger partial charge in [0.25, 0.3) is 0 Å². The van der Waals surface area contributed by atoms with Gasteiger partial charge in [-0.25, -0.2) is 0 Å². The van der Waals surface area contributed by atoms with Crippen molar-refractivity contribution >= 4 is 0 Å². The predicted octanol–water partition coefficient (Wildman–Crippen LogP) is 2.47. The normalized spacial score (nSPS) is 15.0. The summed E-state index contributed by atoms with van der Waals surface area (Å²) in [5.74, 6) is 0. The fraction of sp³-hybridized carbons (Fsp3) is 0.769. The highest BCUT2D eigenvalue weighted by atomic mass is 15.3. The van der Waals surface area contributed by atoms with Gasteiger partial charge in [-0.1, -0.05) is 20.3 Å². The van der Waals surface area contributed by atoms with Crippen molar-refractivity contribution in [2.24, 2.45) is 5.41 Å². The second kappa shape index (κ2) is 6.04. The first-order chi connectivity index (χ1) is 7.63. The molecule has 0 spiro atoms. The fourth-order valence-electron chi connectivity index (χ4n) is 2.43. The Bertz CT molecular complexity index is 298. The summed E-state index contributed by atoms with van der Waals surface area (Å²) in [5, 5.41) is 7.64. The minimum absolute atomic E-state index is 0.352. The van der Waals surface area contributed by atoms with E-state index in [0.717, 1.165) is 19.5 Å². The lowest BCUT2D eigenvalue weighted by Crippen LogP contribution is -2.31. The number of hydrogen-bond acceptors (Lipinski definition) is 2. The van der Waals surface area contributed by atoms with Crippen molar-refractivity contribution in [1.82, 2.24) is 15.1 Å². The molecule has 1 N–H and O–H groups in total. The molecule has 1 aromatic rings. The van der Waals surface area contributed by atoms with Gasteiger partial charge >= 0.3 is 0 Å². The Balaban J connectivity index is 2.66. The van der Waals surface area contributed by atoms with E-state index in [1.807, 2.05) is 17.9 Å². The van der Waals surface area contributed by atoms with Crippen LogP contribution < -0.4 is 5.32 Å². The maximum absolute atomic E-state index is 4.34. The standard InChI is InChI=1S/C13H25N3/c1-5-7-13(3,11-14-4)8-12-9-15-16(6-2)10-12/h9-10,14H,5-8,11H2,1-4H3. The summed E-state index contributed by atoms with van der Waals surface area (Å²) in [7, 11) is 2.03. The van der Waals surface area contributed by atoms with Gasteiger partial charge in [-0.2, -0.15) is 5.10 Å². The van der Waals surface area contributed by atoms with Crippen LogP contribution in [0.1, 0.15) is 39.2 Å². The van der Waals surface area contributed by atoms with Crippen LogP contribution >= 0.6 is 0 Å². The molecule has 0 radical (unpaired) electrons. The van der Waals surface area contributed by atoms with Gasteiger partial charge in [-0.05, 0) is 37.8 Å². The third-order valence-corrected chi connectivity index (χ3v) is 3.10. The summed E-state index contributed by atoms with van der Waals surface area (Å²) in [6, 6.07) is 0. The number of hydrogen-bond donors (Lipinski definition) is 1. The SMILES string of the molecule is CCCC(C)(CNC)Cc1cnn(CC)c1. The van der Waals surface area contributed by atoms with Crippen LogP contribution in [0.5, 0.6) is 0 Å². The van der Waals surface area contributed by atoms with E-state index in [0.29, 0.717) is 5.41 Å². The molecule has 92 valence electrons. The fourth-order valence-corrected chi connectivity index (χ4v) is 2.43. The van der Waals surface area contributed by atoms with Crippen LogP contribution in [0.25, 0.3) is 0 Å². The van der Waals surface area contributed by atoms with Crippen LogP contribution in [0, 0.1) is 5.41 Å². The third kappa shape index (κ3) is 3.63. The molecule has 16 heavy (non-hydrogen) atoms. The summed E-state index contributed by atoms with van der Waals surface area (Å²) in [5.41, 5.74) is 1.71. The first-order valence-corrected chi connectivity index (χ1v) is 6.29. The molecule has 1 unspecified atom stereocenters. The largest absolute Gasteiger partial charge is 0.319 e. The van der Waals surface area contributed by atoms with E-state index in [1.54, 1.807) is 0 Å². The van der Waals surface area contributed by atoms with E-state index < -0.39 is 0 Å². The zero-order valence-corrected chi connectivity index (χ0v) is 11.1. The summed E-state index contributed by atoms with van der Waals surface area (Å²) < 4.78 is 2.00. The number of nitrogens with one attached hydrogen (secondary N) is 1. The van der Waals surface area contributed by atoms with E-state index in [-0.39, 0.29) is 0 Å². The van der Waals surface area contributed by atoms with Crippen molar-refractivity contribution in [2.75, 3.05) is 13.6 Å². The lowest BCUT2D eigenvalue weighted by Gasteiger charge is -2.28. The molecule has 3 heteroatoms. The van der Waals surface area contributed by atoms with Crippen molar-refractivity contribution in [3.05, 3.63) is 18.0 Å². The zero-order valence-electron chi connectivity index (χ0n) is 11.1. The van der Waals surface area contributed by atoms with E-state index in [1.165, 1.54) is 18.4 Å². The Labute approximate surface area is 99.2 Å². The highest BCUT2D eigenvalue weighted by Crippen LogP contribution is 2.27. The molecule has 0 amide bonds. The highest BCUT2D eigenvalue weighted by molar-refractivity contribution is 5.07. The van der Waals surface area contributed by atoms with Crippen LogP contribution in [0.4, 0.5) is 0 Å². The average Bonchev–Trinajstić information content (AvgIpc) is 2.65. The molecule has 0 bridgehead atoms. The number of aromatic nitrogens is 2. The summed E-state index contributed by atoms with van der Waals surface area (Å²) >= 11 is 0. The minimum atomic E-state index is 0.352. The van der Waals surface area contributed by atoms with E-state index in [9.17, 15) is 0 Å². The Morgan fingerprint density at radius 1 is 1.44 bits per heavy atom. The third-order valence-electron chi connectivity index (χ3n) is 3.10. The minimum Gasteiger partial charge on any atom is -0.319 e. The molecular weight excluding hydrogens is 198 g/mol. The molecular formula is C13H25N3. The maximum atomic E-state index is 4.34. The molecule has 1 atom stereocenters. The van der Waals surface area contributed by atoms with Crippen LogP contribution in [0.15, 0.2) is 12.4 Å². The number of nitrogens with zero attached hydrogens (tertiary/aromatic N) is 2. The zero-order chi connectivity index (χ0) is 12.0. The molecule has 1 heterocycles. The number of aryl methyl sites for hydroxylation is 1. The molecule has 0 fully saturated rings. The lowest BCUT2D eigenvalue weighted by molar-refractivity contribution is 0.283. The van der Waals surface area contributed by atoms with Gasteiger partial charge in [0.15, 0.2) is 0 Å². The van der Waals surface area contributed by atoms with Gasteiger partial charge < -0.3 is 5.32 Å². The lowest BCUT2D eigenvalue weighted by atomic mass is 9.80. The van der Waals surface area contributed by atoms with Crippen molar-refractivity contribution in [3.8, 4) is 0 Å². The van der Waals surface area contributed by atoms with Gasteiger partial charge in [0.1, 0.15) is 0 Å².